The number of rotatable bonds is 7. The van der Waals surface area contributed by atoms with Gasteiger partial charge in [-0.3, -0.25) is 14.9 Å². The van der Waals surface area contributed by atoms with Crippen LogP contribution in [-0.4, -0.2) is 40.9 Å². The molecule has 26 heavy (non-hydrogen) atoms. The third-order valence-corrected chi connectivity index (χ3v) is 3.90. The summed E-state index contributed by atoms with van der Waals surface area (Å²) in [5.74, 6) is -0.324. The molecule has 2 aromatic carbocycles. The molecule has 1 heterocycles. The van der Waals surface area contributed by atoms with Crippen LogP contribution in [0, 0.1) is 10.1 Å². The first kappa shape index (κ1) is 17.6. The zero-order valence-electron chi connectivity index (χ0n) is 14.2. The highest BCUT2D eigenvalue weighted by Crippen LogP contribution is 2.26. The standard InChI is InChI=1S/C18H18N4O4/c1-26-11-5-10-19-18(23)17-15-9-8-14(22(24)25)12-16(15)21(20-17)13-6-3-2-4-7-13/h2-4,6-9,12H,5,10-11H2,1H3,(H,19,23). The zero-order valence-corrected chi connectivity index (χ0v) is 14.2. The fourth-order valence-electron chi connectivity index (χ4n) is 2.65. The van der Waals surface area contributed by atoms with E-state index in [2.05, 4.69) is 10.4 Å². The molecular formula is C18H18N4O4. The van der Waals surface area contributed by atoms with Gasteiger partial charge in [0.25, 0.3) is 11.6 Å². The molecule has 0 bridgehead atoms. The Labute approximate surface area is 149 Å². The number of hydrogen-bond donors (Lipinski definition) is 1. The fraction of sp³-hybridized carbons (Fsp3) is 0.222. The molecule has 0 saturated heterocycles. The first-order valence-corrected chi connectivity index (χ1v) is 8.11. The van der Waals surface area contributed by atoms with Gasteiger partial charge in [0, 0.05) is 37.8 Å². The van der Waals surface area contributed by atoms with Crippen molar-refractivity contribution in [2.24, 2.45) is 0 Å². The number of methoxy groups -OCH3 is 1. The van der Waals surface area contributed by atoms with Crippen LogP contribution >= 0.6 is 0 Å². The van der Waals surface area contributed by atoms with E-state index in [1.807, 2.05) is 30.3 Å². The zero-order chi connectivity index (χ0) is 18.5. The number of aromatic nitrogens is 2. The number of carbonyl (C=O) groups is 1. The Kier molecular flexibility index (Phi) is 5.23. The Hall–Kier alpha value is -3.26. The van der Waals surface area contributed by atoms with E-state index < -0.39 is 4.92 Å². The lowest BCUT2D eigenvalue weighted by Gasteiger charge is -2.03. The van der Waals surface area contributed by atoms with E-state index in [1.165, 1.54) is 12.1 Å². The topological polar surface area (TPSA) is 99.3 Å². The highest BCUT2D eigenvalue weighted by atomic mass is 16.6. The predicted molar refractivity (Wildman–Crippen MR) is 96.6 cm³/mol. The van der Waals surface area contributed by atoms with Crippen molar-refractivity contribution in [1.29, 1.82) is 0 Å². The van der Waals surface area contributed by atoms with Crippen LogP contribution in [0.4, 0.5) is 5.69 Å². The van der Waals surface area contributed by atoms with Crippen LogP contribution < -0.4 is 5.32 Å². The van der Waals surface area contributed by atoms with Gasteiger partial charge in [0.15, 0.2) is 5.69 Å². The number of fused-ring (bicyclic) bond motifs is 1. The lowest BCUT2D eigenvalue weighted by Crippen LogP contribution is -2.25. The van der Waals surface area contributed by atoms with Gasteiger partial charge in [-0.1, -0.05) is 18.2 Å². The second-order valence-electron chi connectivity index (χ2n) is 5.66. The summed E-state index contributed by atoms with van der Waals surface area (Å²) < 4.78 is 6.51. The first-order valence-electron chi connectivity index (χ1n) is 8.11. The summed E-state index contributed by atoms with van der Waals surface area (Å²) in [7, 11) is 1.60. The summed E-state index contributed by atoms with van der Waals surface area (Å²) >= 11 is 0. The average Bonchev–Trinajstić information content (AvgIpc) is 3.04. The summed E-state index contributed by atoms with van der Waals surface area (Å²) in [5, 5.41) is 18.9. The van der Waals surface area contributed by atoms with Crippen molar-refractivity contribution in [1.82, 2.24) is 15.1 Å². The molecule has 0 aliphatic carbocycles. The second kappa shape index (κ2) is 7.75. The molecule has 0 atom stereocenters. The van der Waals surface area contributed by atoms with Crippen molar-refractivity contribution >= 4 is 22.5 Å². The normalized spacial score (nSPS) is 10.8. The minimum absolute atomic E-state index is 0.0540. The van der Waals surface area contributed by atoms with Crippen LogP contribution in [-0.2, 0) is 4.74 Å². The van der Waals surface area contributed by atoms with E-state index in [0.717, 1.165) is 5.69 Å². The number of nitrogens with one attached hydrogen (secondary N) is 1. The molecule has 0 fully saturated rings. The molecule has 0 spiro atoms. The molecule has 1 amide bonds. The molecule has 3 rings (SSSR count). The molecule has 0 aliphatic heterocycles. The third kappa shape index (κ3) is 3.55. The number of non-ortho nitro benzene ring substituents is 1. The van der Waals surface area contributed by atoms with Crippen LogP contribution in [0.2, 0.25) is 0 Å². The number of para-hydroxylation sites is 1. The van der Waals surface area contributed by atoms with Crippen LogP contribution in [0.1, 0.15) is 16.9 Å². The Morgan fingerprint density at radius 3 is 2.73 bits per heavy atom. The van der Waals surface area contributed by atoms with Crippen LogP contribution in [0.5, 0.6) is 0 Å². The van der Waals surface area contributed by atoms with Gasteiger partial charge in [-0.2, -0.15) is 5.10 Å². The molecule has 1 N–H and O–H groups in total. The summed E-state index contributed by atoms with van der Waals surface area (Å²) in [4.78, 5) is 23.2. The average molecular weight is 354 g/mol. The van der Waals surface area contributed by atoms with E-state index in [0.29, 0.717) is 30.5 Å². The summed E-state index contributed by atoms with van der Waals surface area (Å²) in [6, 6.07) is 13.6. The van der Waals surface area contributed by atoms with E-state index in [9.17, 15) is 14.9 Å². The minimum Gasteiger partial charge on any atom is -0.385 e. The molecule has 0 radical (unpaired) electrons. The molecule has 1 aromatic heterocycles. The minimum atomic E-state index is -0.466. The summed E-state index contributed by atoms with van der Waals surface area (Å²) in [6.07, 6.45) is 0.686. The first-order chi connectivity index (χ1) is 12.6. The number of benzene rings is 2. The van der Waals surface area contributed by atoms with Crippen molar-refractivity contribution in [3.8, 4) is 5.69 Å². The molecule has 3 aromatic rings. The second-order valence-corrected chi connectivity index (χ2v) is 5.66. The summed E-state index contributed by atoms with van der Waals surface area (Å²) in [5.41, 5.74) is 1.40. The van der Waals surface area contributed by atoms with Gasteiger partial charge in [-0.05, 0) is 24.6 Å². The lowest BCUT2D eigenvalue weighted by atomic mass is 10.2. The quantitative estimate of drug-likeness (QED) is 0.399. The van der Waals surface area contributed by atoms with Gasteiger partial charge < -0.3 is 10.1 Å². The molecular weight excluding hydrogens is 336 g/mol. The highest BCUT2D eigenvalue weighted by molar-refractivity contribution is 6.05. The highest BCUT2D eigenvalue weighted by Gasteiger charge is 2.20. The number of nitro benzene ring substituents is 1. The monoisotopic (exact) mass is 354 g/mol. The van der Waals surface area contributed by atoms with Gasteiger partial charge >= 0.3 is 0 Å². The SMILES string of the molecule is COCCCNC(=O)c1nn(-c2ccccc2)c2cc([N+](=O)[O-])ccc12. The van der Waals surface area contributed by atoms with Crippen LogP contribution in [0.25, 0.3) is 16.6 Å². The fourth-order valence-corrected chi connectivity index (χ4v) is 2.65. The maximum absolute atomic E-state index is 12.5. The van der Waals surface area contributed by atoms with Crippen LogP contribution in [0.3, 0.4) is 0 Å². The lowest BCUT2D eigenvalue weighted by molar-refractivity contribution is -0.384. The number of nitrogens with zero attached hydrogens (tertiary/aromatic N) is 3. The largest absolute Gasteiger partial charge is 0.385 e. The number of ether oxygens (including phenoxy) is 1. The maximum atomic E-state index is 12.5. The number of amides is 1. The van der Waals surface area contributed by atoms with Crippen LogP contribution in [0.15, 0.2) is 48.5 Å². The Morgan fingerprint density at radius 2 is 2.04 bits per heavy atom. The summed E-state index contributed by atoms with van der Waals surface area (Å²) in [6.45, 7) is 1.00. The molecule has 0 aliphatic rings. The molecule has 8 nitrogen and oxygen atoms in total. The third-order valence-electron chi connectivity index (χ3n) is 3.90. The molecule has 134 valence electrons. The van der Waals surface area contributed by atoms with E-state index in [-0.39, 0.29) is 17.3 Å². The number of hydrogen-bond acceptors (Lipinski definition) is 5. The van der Waals surface area contributed by atoms with Gasteiger partial charge in [0.1, 0.15) is 0 Å². The van der Waals surface area contributed by atoms with Gasteiger partial charge in [0.05, 0.1) is 16.1 Å². The van der Waals surface area contributed by atoms with Gasteiger partial charge in [-0.25, -0.2) is 4.68 Å². The molecule has 8 heteroatoms. The Bertz CT molecular complexity index is 937. The van der Waals surface area contributed by atoms with E-state index >= 15 is 0 Å². The predicted octanol–water partition coefficient (Wildman–Crippen LogP) is 2.70. The van der Waals surface area contributed by atoms with Gasteiger partial charge in [0.2, 0.25) is 0 Å². The van der Waals surface area contributed by atoms with E-state index in [1.54, 1.807) is 17.9 Å². The van der Waals surface area contributed by atoms with Crippen molar-refractivity contribution in [3.63, 3.8) is 0 Å². The molecule has 0 saturated carbocycles. The smallest absolute Gasteiger partial charge is 0.272 e. The van der Waals surface area contributed by atoms with Gasteiger partial charge in [-0.15, -0.1) is 0 Å². The maximum Gasteiger partial charge on any atom is 0.272 e. The van der Waals surface area contributed by atoms with E-state index in [4.69, 9.17) is 4.74 Å². The van der Waals surface area contributed by atoms with Crippen molar-refractivity contribution in [2.75, 3.05) is 20.3 Å². The molecule has 0 unspecified atom stereocenters. The number of carbonyl (C=O) groups excluding carboxylic acids is 1. The van der Waals surface area contributed by atoms with Crippen molar-refractivity contribution < 1.29 is 14.5 Å². The number of nitro groups is 1. The van der Waals surface area contributed by atoms with Crippen molar-refractivity contribution in [2.45, 2.75) is 6.42 Å². The Balaban J connectivity index is 2.04. The Morgan fingerprint density at radius 1 is 1.27 bits per heavy atom. The van der Waals surface area contributed by atoms with Crippen molar-refractivity contribution in [3.05, 3.63) is 64.3 Å².